The van der Waals surface area contributed by atoms with E-state index in [1.807, 2.05) is 69.3 Å². The van der Waals surface area contributed by atoms with E-state index in [-0.39, 0.29) is 30.7 Å². The molecule has 0 bridgehead atoms. The van der Waals surface area contributed by atoms with Crippen molar-refractivity contribution in [2.45, 2.75) is 52.1 Å². The molecule has 154 valence electrons. The van der Waals surface area contributed by atoms with Crippen LogP contribution in [0.2, 0.25) is 0 Å². The summed E-state index contributed by atoms with van der Waals surface area (Å²) in [6.45, 7) is 5.89. The summed E-state index contributed by atoms with van der Waals surface area (Å²) in [5.41, 5.74) is 9.64. The number of hydrogen-bond donors (Lipinski definition) is 3. The van der Waals surface area contributed by atoms with E-state index in [2.05, 4.69) is 10.6 Å². The standard InChI is InChI=1S/C23H29N3O3/c1-15-9-10-18(13-16(15)2)14-20(23(24)29)26-22(28)12-11-21(27)25-17(3)19-7-5-4-6-8-19/h4-10,13,17,20H,11-12,14H2,1-3H3,(H2,24,29)(H,25,27)(H,26,28)/t17-,20-/m1/s1. The Balaban J connectivity index is 1.84. The highest BCUT2D eigenvalue weighted by Gasteiger charge is 2.19. The molecule has 2 aromatic carbocycles. The lowest BCUT2D eigenvalue weighted by Crippen LogP contribution is -2.46. The van der Waals surface area contributed by atoms with Crippen molar-refractivity contribution < 1.29 is 14.4 Å². The van der Waals surface area contributed by atoms with Gasteiger partial charge in [-0.25, -0.2) is 0 Å². The number of hydrogen-bond acceptors (Lipinski definition) is 3. The average molecular weight is 396 g/mol. The third-order valence-electron chi connectivity index (χ3n) is 4.95. The van der Waals surface area contributed by atoms with Crippen molar-refractivity contribution in [2.75, 3.05) is 0 Å². The van der Waals surface area contributed by atoms with Crippen molar-refractivity contribution in [1.29, 1.82) is 0 Å². The molecule has 0 fully saturated rings. The lowest BCUT2D eigenvalue weighted by Gasteiger charge is -2.17. The Morgan fingerprint density at radius 2 is 1.52 bits per heavy atom. The number of carbonyl (C=O) groups excluding carboxylic acids is 3. The summed E-state index contributed by atoms with van der Waals surface area (Å²) < 4.78 is 0. The molecule has 0 heterocycles. The monoisotopic (exact) mass is 395 g/mol. The summed E-state index contributed by atoms with van der Waals surface area (Å²) in [5, 5.41) is 5.51. The molecular formula is C23H29N3O3. The number of aryl methyl sites for hydroxylation is 2. The third-order valence-corrected chi connectivity index (χ3v) is 4.95. The molecule has 2 rings (SSSR count). The number of primary amides is 1. The van der Waals surface area contributed by atoms with Gasteiger partial charge in [0.05, 0.1) is 6.04 Å². The number of nitrogens with two attached hydrogens (primary N) is 1. The highest BCUT2D eigenvalue weighted by atomic mass is 16.2. The average Bonchev–Trinajstić information content (AvgIpc) is 2.69. The fraction of sp³-hybridized carbons (Fsp3) is 0.348. The van der Waals surface area contributed by atoms with Crippen molar-refractivity contribution in [3.63, 3.8) is 0 Å². The van der Waals surface area contributed by atoms with Crippen molar-refractivity contribution in [2.24, 2.45) is 5.73 Å². The largest absolute Gasteiger partial charge is 0.368 e. The topological polar surface area (TPSA) is 101 Å². The first-order valence-corrected chi connectivity index (χ1v) is 9.75. The zero-order valence-corrected chi connectivity index (χ0v) is 17.2. The van der Waals surface area contributed by atoms with Crippen LogP contribution in [0.15, 0.2) is 48.5 Å². The SMILES string of the molecule is Cc1ccc(C[C@@H](NC(=O)CCC(=O)N[C@H](C)c2ccccc2)C(N)=O)cc1C. The van der Waals surface area contributed by atoms with E-state index >= 15 is 0 Å². The fourth-order valence-electron chi connectivity index (χ4n) is 3.02. The minimum Gasteiger partial charge on any atom is -0.368 e. The molecule has 2 aromatic rings. The van der Waals surface area contributed by atoms with Crippen molar-refractivity contribution >= 4 is 17.7 Å². The fourth-order valence-corrected chi connectivity index (χ4v) is 3.02. The maximum absolute atomic E-state index is 12.2. The summed E-state index contributed by atoms with van der Waals surface area (Å²) in [7, 11) is 0. The van der Waals surface area contributed by atoms with Gasteiger partial charge in [-0.15, -0.1) is 0 Å². The Kier molecular flexibility index (Phi) is 7.95. The van der Waals surface area contributed by atoms with Gasteiger partial charge in [-0.05, 0) is 43.0 Å². The predicted molar refractivity (Wildman–Crippen MR) is 113 cm³/mol. The van der Waals surface area contributed by atoms with Crippen molar-refractivity contribution in [3.8, 4) is 0 Å². The van der Waals surface area contributed by atoms with Crippen LogP contribution in [0.3, 0.4) is 0 Å². The first-order chi connectivity index (χ1) is 13.8. The van der Waals surface area contributed by atoms with Gasteiger partial charge in [0.15, 0.2) is 0 Å². The molecule has 0 unspecified atom stereocenters. The summed E-state index contributed by atoms with van der Waals surface area (Å²) in [6, 6.07) is 14.5. The van der Waals surface area contributed by atoms with Crippen LogP contribution in [0.4, 0.5) is 0 Å². The molecule has 6 heteroatoms. The number of carbonyl (C=O) groups is 3. The zero-order valence-electron chi connectivity index (χ0n) is 17.2. The summed E-state index contributed by atoms with van der Waals surface area (Å²) in [4.78, 5) is 36.1. The number of rotatable bonds is 9. The van der Waals surface area contributed by atoms with Crippen LogP contribution >= 0.6 is 0 Å². The summed E-state index contributed by atoms with van der Waals surface area (Å²) in [6.07, 6.45) is 0.349. The Morgan fingerprint density at radius 1 is 0.897 bits per heavy atom. The van der Waals surface area contributed by atoms with Gasteiger partial charge in [-0.2, -0.15) is 0 Å². The Bertz CT molecular complexity index is 865. The van der Waals surface area contributed by atoms with E-state index in [1.165, 1.54) is 0 Å². The van der Waals surface area contributed by atoms with Gasteiger partial charge in [-0.1, -0.05) is 48.5 Å². The smallest absolute Gasteiger partial charge is 0.240 e. The normalized spacial score (nSPS) is 12.7. The van der Waals surface area contributed by atoms with Crippen LogP contribution in [0.25, 0.3) is 0 Å². The lowest BCUT2D eigenvalue weighted by atomic mass is 10.0. The summed E-state index contributed by atoms with van der Waals surface area (Å²) >= 11 is 0. The maximum atomic E-state index is 12.2. The first-order valence-electron chi connectivity index (χ1n) is 9.75. The highest BCUT2D eigenvalue weighted by molar-refractivity contribution is 5.88. The van der Waals surface area contributed by atoms with Crippen LogP contribution in [0, 0.1) is 13.8 Å². The van der Waals surface area contributed by atoms with Gasteiger partial charge < -0.3 is 16.4 Å². The molecule has 3 amide bonds. The Labute approximate surface area is 171 Å². The molecular weight excluding hydrogens is 366 g/mol. The molecule has 0 aliphatic carbocycles. The number of nitrogens with one attached hydrogen (secondary N) is 2. The van der Waals surface area contributed by atoms with Gasteiger partial charge in [0.2, 0.25) is 17.7 Å². The van der Waals surface area contributed by atoms with E-state index in [1.54, 1.807) is 0 Å². The minimum absolute atomic E-state index is 0.00987. The van der Waals surface area contributed by atoms with Gasteiger partial charge in [-0.3, -0.25) is 14.4 Å². The van der Waals surface area contributed by atoms with Gasteiger partial charge in [0.1, 0.15) is 6.04 Å². The molecule has 6 nitrogen and oxygen atoms in total. The molecule has 0 saturated heterocycles. The summed E-state index contributed by atoms with van der Waals surface area (Å²) in [5.74, 6) is -1.19. The Hall–Kier alpha value is -3.15. The molecule has 0 radical (unpaired) electrons. The zero-order chi connectivity index (χ0) is 21.4. The third kappa shape index (κ3) is 7.07. The molecule has 0 aromatic heterocycles. The van der Waals surface area contributed by atoms with Crippen molar-refractivity contribution in [1.82, 2.24) is 10.6 Å². The van der Waals surface area contributed by atoms with Crippen LogP contribution < -0.4 is 16.4 Å². The Morgan fingerprint density at radius 3 is 2.10 bits per heavy atom. The van der Waals surface area contributed by atoms with E-state index in [0.717, 1.165) is 22.3 Å². The lowest BCUT2D eigenvalue weighted by molar-refractivity contribution is -0.129. The number of benzene rings is 2. The molecule has 4 N–H and O–H groups in total. The first kappa shape index (κ1) is 22.1. The quantitative estimate of drug-likeness (QED) is 0.608. The van der Waals surface area contributed by atoms with Crippen LogP contribution in [0.1, 0.15) is 48.1 Å². The van der Waals surface area contributed by atoms with Gasteiger partial charge in [0, 0.05) is 19.3 Å². The second kappa shape index (κ2) is 10.4. The predicted octanol–water partition coefficient (Wildman–Crippen LogP) is 2.47. The van der Waals surface area contributed by atoms with E-state index in [0.29, 0.717) is 6.42 Å². The van der Waals surface area contributed by atoms with E-state index in [4.69, 9.17) is 5.73 Å². The maximum Gasteiger partial charge on any atom is 0.240 e. The number of amides is 3. The van der Waals surface area contributed by atoms with Crippen molar-refractivity contribution in [3.05, 3.63) is 70.8 Å². The van der Waals surface area contributed by atoms with Gasteiger partial charge >= 0.3 is 0 Å². The molecule has 29 heavy (non-hydrogen) atoms. The van der Waals surface area contributed by atoms with Gasteiger partial charge in [0.25, 0.3) is 0 Å². The van der Waals surface area contributed by atoms with E-state index in [9.17, 15) is 14.4 Å². The molecule has 0 aliphatic heterocycles. The molecule has 0 saturated carbocycles. The molecule has 0 spiro atoms. The molecule has 2 atom stereocenters. The second-order valence-electron chi connectivity index (χ2n) is 7.35. The van der Waals surface area contributed by atoms with Crippen LogP contribution in [-0.4, -0.2) is 23.8 Å². The van der Waals surface area contributed by atoms with E-state index < -0.39 is 11.9 Å². The highest BCUT2D eigenvalue weighted by Crippen LogP contribution is 2.13. The van der Waals surface area contributed by atoms with Crippen LogP contribution in [-0.2, 0) is 20.8 Å². The van der Waals surface area contributed by atoms with Crippen LogP contribution in [0.5, 0.6) is 0 Å². The molecule has 0 aliphatic rings. The second-order valence-corrected chi connectivity index (χ2v) is 7.35. The minimum atomic E-state index is -0.809.